The molecule has 1 rings (SSSR count). The first-order valence-corrected chi connectivity index (χ1v) is 4.98. The van der Waals surface area contributed by atoms with Gasteiger partial charge < -0.3 is 5.11 Å². The molecule has 0 aliphatic heterocycles. The van der Waals surface area contributed by atoms with E-state index in [9.17, 15) is 9.90 Å². The van der Waals surface area contributed by atoms with Gasteiger partial charge in [0.05, 0.1) is 16.9 Å². The van der Waals surface area contributed by atoms with Crippen molar-refractivity contribution in [3.63, 3.8) is 0 Å². The van der Waals surface area contributed by atoms with Gasteiger partial charge in [-0.25, -0.2) is 0 Å². The molecule has 0 aromatic carbocycles. The molecule has 0 unspecified atom stereocenters. The summed E-state index contributed by atoms with van der Waals surface area (Å²) in [4.78, 5) is 11.7. The maximum absolute atomic E-state index is 11.7. The van der Waals surface area contributed by atoms with Crippen LogP contribution in [0.15, 0.2) is 0 Å². The first kappa shape index (κ1) is 11.0. The molecule has 1 fully saturated rings. The van der Waals surface area contributed by atoms with E-state index in [1.54, 1.807) is 13.8 Å². The zero-order valence-electron chi connectivity index (χ0n) is 8.60. The van der Waals surface area contributed by atoms with Crippen molar-refractivity contribution in [3.05, 3.63) is 0 Å². The van der Waals surface area contributed by atoms with E-state index in [4.69, 9.17) is 11.6 Å². The number of halogens is 1. The average molecular weight is 205 g/mol. The number of rotatable bonds is 0. The quantitative estimate of drug-likeness (QED) is 0.613. The third-order valence-corrected chi connectivity index (χ3v) is 3.93. The maximum Gasteiger partial charge on any atom is 0.141 e. The molecule has 1 saturated carbocycles. The van der Waals surface area contributed by atoms with Crippen LogP contribution in [-0.4, -0.2) is 22.4 Å². The minimum atomic E-state index is -0.745. The fourth-order valence-corrected chi connectivity index (χ4v) is 2.09. The molecular formula is C10H17ClO2. The van der Waals surface area contributed by atoms with Crippen molar-refractivity contribution in [2.24, 2.45) is 10.8 Å². The largest absolute Gasteiger partial charge is 0.391 e. The number of ketones is 1. The standard InChI is InChI=1S/C10H17ClO2/c1-9(2)5-6(12)10(3,4)8(13)7(9)11/h7-8,13H,5H2,1-4H3/t7-,8-/m1/s1. The number of aliphatic hydroxyl groups excluding tert-OH is 1. The van der Waals surface area contributed by atoms with E-state index in [1.807, 2.05) is 13.8 Å². The zero-order valence-corrected chi connectivity index (χ0v) is 9.35. The summed E-state index contributed by atoms with van der Waals surface area (Å²) in [5.74, 6) is 0.0990. The molecule has 0 saturated heterocycles. The SMILES string of the molecule is CC1(C)CC(=O)C(C)(C)[C@H](O)[C@H]1Cl. The normalized spacial score (nSPS) is 37.5. The highest BCUT2D eigenvalue weighted by Crippen LogP contribution is 2.45. The van der Waals surface area contributed by atoms with E-state index in [-0.39, 0.29) is 16.6 Å². The van der Waals surface area contributed by atoms with Crippen LogP contribution in [0, 0.1) is 10.8 Å². The molecule has 0 heterocycles. The van der Waals surface area contributed by atoms with Crippen LogP contribution in [-0.2, 0) is 4.79 Å². The number of carbonyl (C=O) groups is 1. The van der Waals surface area contributed by atoms with E-state index in [1.165, 1.54) is 0 Å². The Balaban J connectivity index is 3.00. The molecule has 0 amide bonds. The van der Waals surface area contributed by atoms with Gasteiger partial charge in [0.25, 0.3) is 0 Å². The van der Waals surface area contributed by atoms with Gasteiger partial charge in [0.2, 0.25) is 0 Å². The summed E-state index contributed by atoms with van der Waals surface area (Å²) in [6, 6.07) is 0. The summed E-state index contributed by atoms with van der Waals surface area (Å²) in [7, 11) is 0. The molecule has 0 spiro atoms. The molecule has 0 radical (unpaired) electrons. The second-order valence-electron chi connectivity index (χ2n) is 5.16. The lowest BCUT2D eigenvalue weighted by Gasteiger charge is -2.45. The van der Waals surface area contributed by atoms with Gasteiger partial charge in [0.1, 0.15) is 5.78 Å². The summed E-state index contributed by atoms with van der Waals surface area (Å²) < 4.78 is 0. The van der Waals surface area contributed by atoms with Gasteiger partial charge in [-0.3, -0.25) is 4.79 Å². The van der Waals surface area contributed by atoms with E-state index >= 15 is 0 Å². The van der Waals surface area contributed by atoms with Gasteiger partial charge in [0, 0.05) is 6.42 Å². The Morgan fingerprint density at radius 2 is 1.85 bits per heavy atom. The third kappa shape index (κ3) is 1.62. The molecule has 1 aliphatic carbocycles. The monoisotopic (exact) mass is 204 g/mol. The molecule has 0 aromatic rings. The lowest BCUT2D eigenvalue weighted by molar-refractivity contribution is -0.142. The van der Waals surface area contributed by atoms with Crippen LogP contribution in [0.4, 0.5) is 0 Å². The minimum absolute atomic E-state index is 0.0990. The van der Waals surface area contributed by atoms with Gasteiger partial charge in [-0.2, -0.15) is 0 Å². The predicted octanol–water partition coefficient (Wildman–Crippen LogP) is 1.98. The van der Waals surface area contributed by atoms with Crippen LogP contribution in [0.5, 0.6) is 0 Å². The Morgan fingerprint density at radius 1 is 1.38 bits per heavy atom. The van der Waals surface area contributed by atoms with Crippen LogP contribution < -0.4 is 0 Å². The molecule has 0 bridgehead atoms. The van der Waals surface area contributed by atoms with Crippen molar-refractivity contribution < 1.29 is 9.90 Å². The third-order valence-electron chi connectivity index (χ3n) is 3.10. The van der Waals surface area contributed by atoms with Gasteiger partial charge in [-0.1, -0.05) is 27.7 Å². The Morgan fingerprint density at radius 3 is 2.31 bits per heavy atom. The van der Waals surface area contributed by atoms with Crippen LogP contribution in [0.3, 0.4) is 0 Å². The summed E-state index contributed by atoms with van der Waals surface area (Å²) in [5.41, 5.74) is -0.991. The molecule has 2 atom stereocenters. The highest BCUT2D eigenvalue weighted by Gasteiger charge is 2.51. The second-order valence-corrected chi connectivity index (χ2v) is 5.63. The van der Waals surface area contributed by atoms with E-state index in [0.29, 0.717) is 6.42 Å². The molecular weight excluding hydrogens is 188 g/mol. The van der Waals surface area contributed by atoms with Gasteiger partial charge in [-0.15, -0.1) is 11.6 Å². The van der Waals surface area contributed by atoms with Gasteiger partial charge in [0.15, 0.2) is 0 Å². The highest BCUT2D eigenvalue weighted by atomic mass is 35.5. The number of alkyl halides is 1. The van der Waals surface area contributed by atoms with Crippen LogP contribution in [0.2, 0.25) is 0 Å². The molecule has 1 N–H and O–H groups in total. The number of hydrogen-bond donors (Lipinski definition) is 1. The first-order valence-electron chi connectivity index (χ1n) is 4.55. The fourth-order valence-electron chi connectivity index (χ4n) is 1.70. The first-order chi connectivity index (χ1) is 5.69. The van der Waals surface area contributed by atoms with Gasteiger partial charge in [-0.05, 0) is 5.41 Å². The molecule has 0 aromatic heterocycles. The number of hydrogen-bond acceptors (Lipinski definition) is 2. The van der Waals surface area contributed by atoms with E-state index < -0.39 is 11.5 Å². The summed E-state index contributed by atoms with van der Waals surface area (Å²) in [5, 5.41) is 9.51. The van der Waals surface area contributed by atoms with Crippen molar-refractivity contribution >= 4 is 17.4 Å². The molecule has 3 heteroatoms. The van der Waals surface area contributed by atoms with Crippen molar-refractivity contribution in [2.45, 2.75) is 45.6 Å². The van der Waals surface area contributed by atoms with Crippen molar-refractivity contribution in [3.8, 4) is 0 Å². The summed E-state index contributed by atoms with van der Waals surface area (Å²) in [6.45, 7) is 7.34. The lowest BCUT2D eigenvalue weighted by atomic mass is 9.64. The topological polar surface area (TPSA) is 37.3 Å². The number of carbonyl (C=O) groups excluding carboxylic acids is 1. The van der Waals surface area contributed by atoms with Crippen LogP contribution in [0.25, 0.3) is 0 Å². The minimum Gasteiger partial charge on any atom is -0.391 e. The second kappa shape index (κ2) is 2.96. The Bertz CT molecular complexity index is 233. The van der Waals surface area contributed by atoms with Crippen molar-refractivity contribution in [2.75, 3.05) is 0 Å². The maximum atomic E-state index is 11.7. The highest BCUT2D eigenvalue weighted by molar-refractivity contribution is 6.22. The molecule has 2 nitrogen and oxygen atoms in total. The number of Topliss-reactive ketones (excluding diaryl/α,β-unsaturated/α-hetero) is 1. The molecule has 76 valence electrons. The van der Waals surface area contributed by atoms with Gasteiger partial charge >= 0.3 is 0 Å². The Hall–Kier alpha value is -0.0800. The smallest absolute Gasteiger partial charge is 0.141 e. The molecule has 13 heavy (non-hydrogen) atoms. The van der Waals surface area contributed by atoms with Crippen molar-refractivity contribution in [1.29, 1.82) is 0 Å². The van der Waals surface area contributed by atoms with Crippen LogP contribution in [0.1, 0.15) is 34.1 Å². The summed E-state index contributed by atoms with van der Waals surface area (Å²) in [6.07, 6.45) is -0.295. The zero-order chi connectivity index (χ0) is 10.4. The predicted molar refractivity (Wildman–Crippen MR) is 52.8 cm³/mol. The number of aliphatic hydroxyl groups is 1. The lowest BCUT2D eigenvalue weighted by Crippen LogP contribution is -2.54. The molecule has 1 aliphatic rings. The fraction of sp³-hybridized carbons (Fsp3) is 0.900. The average Bonchev–Trinajstić information content (AvgIpc) is 1.98. The Labute approximate surface area is 84.3 Å². The summed E-state index contributed by atoms with van der Waals surface area (Å²) >= 11 is 6.11. The van der Waals surface area contributed by atoms with E-state index in [0.717, 1.165) is 0 Å². The van der Waals surface area contributed by atoms with Crippen molar-refractivity contribution in [1.82, 2.24) is 0 Å². The van der Waals surface area contributed by atoms with E-state index in [2.05, 4.69) is 0 Å². The Kier molecular flexibility index (Phi) is 2.50. The van der Waals surface area contributed by atoms with Crippen LogP contribution >= 0.6 is 11.6 Å².